The number of thioether (sulfide) groups is 1. The first kappa shape index (κ1) is 20.5. The van der Waals surface area contributed by atoms with Crippen LogP contribution in [0.2, 0.25) is 0 Å². The van der Waals surface area contributed by atoms with Gasteiger partial charge in [-0.1, -0.05) is 32.1 Å². The predicted molar refractivity (Wildman–Crippen MR) is 106 cm³/mol. The van der Waals surface area contributed by atoms with E-state index in [0.717, 1.165) is 57.5 Å². The zero-order valence-corrected chi connectivity index (χ0v) is 16.6. The third-order valence-corrected chi connectivity index (χ3v) is 6.06. The van der Waals surface area contributed by atoms with Crippen LogP contribution in [0.4, 0.5) is 0 Å². The van der Waals surface area contributed by atoms with Gasteiger partial charge in [-0.25, -0.2) is 0 Å². The number of piperidine rings is 1. The molecule has 0 spiro atoms. The van der Waals surface area contributed by atoms with E-state index in [0.29, 0.717) is 12.5 Å². The lowest BCUT2D eigenvalue weighted by Crippen LogP contribution is -2.39. The Hall–Kier alpha value is -0.780. The third-order valence-electron chi connectivity index (χ3n) is 4.75. The van der Waals surface area contributed by atoms with Gasteiger partial charge in [-0.05, 0) is 62.6 Å². The Bertz CT molecular complexity index is 468. The lowest BCUT2D eigenvalue weighted by Gasteiger charge is -2.31. The number of esters is 1. The molecule has 0 saturated carbocycles. The molecule has 0 aromatic rings. The average molecular weight is 367 g/mol. The number of carbonyl (C=O) groups is 1. The predicted octanol–water partition coefficient (Wildman–Crippen LogP) is 3.58. The number of rotatable bonds is 9. The minimum Gasteiger partial charge on any atom is -0.465 e. The van der Waals surface area contributed by atoms with Gasteiger partial charge in [0, 0.05) is 11.8 Å². The molecule has 142 valence electrons. The minimum absolute atomic E-state index is 0.00347. The van der Waals surface area contributed by atoms with Crippen LogP contribution in [0.25, 0.3) is 0 Å². The van der Waals surface area contributed by atoms with Crippen LogP contribution in [0.3, 0.4) is 0 Å². The van der Waals surface area contributed by atoms with E-state index in [9.17, 15) is 4.79 Å². The molecule has 1 aliphatic carbocycles. The first-order valence-corrected chi connectivity index (χ1v) is 10.7. The van der Waals surface area contributed by atoms with E-state index in [-0.39, 0.29) is 17.9 Å². The van der Waals surface area contributed by atoms with Crippen molar-refractivity contribution in [1.82, 2.24) is 4.90 Å². The molecule has 0 bridgehead atoms. The second-order valence-corrected chi connectivity index (χ2v) is 8.75. The number of allylic oxidation sites excluding steroid dienone is 4. The Balaban J connectivity index is 1.57. The van der Waals surface area contributed by atoms with Crippen LogP contribution in [0.15, 0.2) is 23.1 Å². The van der Waals surface area contributed by atoms with Crippen LogP contribution in [0, 0.1) is 11.8 Å². The van der Waals surface area contributed by atoms with Gasteiger partial charge in [0.15, 0.2) is 0 Å². The summed E-state index contributed by atoms with van der Waals surface area (Å²) in [5.74, 6) is 1.49. The number of carbonyl (C=O) groups excluding carboxylic acids is 1. The number of hydrogen-bond acceptors (Lipinski definition) is 5. The van der Waals surface area contributed by atoms with Crippen LogP contribution >= 0.6 is 11.8 Å². The van der Waals surface area contributed by atoms with Gasteiger partial charge in [0.05, 0.1) is 12.5 Å². The molecule has 0 amide bonds. The molecule has 2 rings (SSSR count). The fraction of sp³-hybridized carbons (Fsp3) is 0.750. The summed E-state index contributed by atoms with van der Waals surface area (Å²) < 4.78 is 5.38. The monoisotopic (exact) mass is 366 g/mol. The van der Waals surface area contributed by atoms with Gasteiger partial charge in [0.2, 0.25) is 0 Å². The molecule has 25 heavy (non-hydrogen) atoms. The fourth-order valence-electron chi connectivity index (χ4n) is 3.11. The van der Waals surface area contributed by atoms with Crippen molar-refractivity contribution >= 4 is 17.7 Å². The number of likely N-dealkylation sites (tertiary alicyclic amines) is 1. The van der Waals surface area contributed by atoms with E-state index in [1.807, 2.05) is 11.8 Å². The first-order valence-electron chi connectivity index (χ1n) is 9.67. The normalized spacial score (nSPS) is 20.6. The molecule has 1 saturated heterocycles. The van der Waals surface area contributed by atoms with Crippen molar-refractivity contribution in [3.05, 3.63) is 23.1 Å². The Morgan fingerprint density at radius 2 is 2.16 bits per heavy atom. The van der Waals surface area contributed by atoms with Crippen molar-refractivity contribution in [2.45, 2.75) is 52.0 Å². The molecule has 2 N–H and O–H groups in total. The summed E-state index contributed by atoms with van der Waals surface area (Å²) in [5, 5.41) is 0. The Morgan fingerprint density at radius 3 is 2.80 bits per heavy atom. The van der Waals surface area contributed by atoms with E-state index < -0.39 is 0 Å². The van der Waals surface area contributed by atoms with Crippen LogP contribution in [-0.2, 0) is 9.53 Å². The highest BCUT2D eigenvalue weighted by molar-refractivity contribution is 8.03. The van der Waals surface area contributed by atoms with Gasteiger partial charge in [0.25, 0.3) is 0 Å². The first-order chi connectivity index (χ1) is 12.0. The van der Waals surface area contributed by atoms with Gasteiger partial charge < -0.3 is 15.4 Å². The van der Waals surface area contributed by atoms with E-state index in [1.165, 1.54) is 4.91 Å². The molecule has 0 unspecified atom stereocenters. The summed E-state index contributed by atoms with van der Waals surface area (Å²) in [5.41, 5.74) is 6.28. The SMILES string of the molecule is CC(C)COC(=O)C1CCN(CC[C@@H](N)CSC2=CC=CCC2)CC1. The molecule has 1 aliphatic heterocycles. The van der Waals surface area contributed by atoms with Gasteiger partial charge in [-0.15, -0.1) is 11.8 Å². The average Bonchev–Trinajstić information content (AvgIpc) is 2.64. The quantitative estimate of drug-likeness (QED) is 0.632. The van der Waals surface area contributed by atoms with Crippen LogP contribution in [0.1, 0.15) is 46.0 Å². The van der Waals surface area contributed by atoms with Gasteiger partial charge in [-0.3, -0.25) is 4.79 Å². The molecular weight excluding hydrogens is 332 g/mol. The molecule has 1 atom stereocenters. The summed E-state index contributed by atoms with van der Waals surface area (Å²) in [6, 6.07) is 0.241. The molecule has 1 heterocycles. The van der Waals surface area contributed by atoms with Crippen molar-refractivity contribution in [1.29, 1.82) is 0 Å². The van der Waals surface area contributed by atoms with E-state index in [1.54, 1.807) is 0 Å². The number of ether oxygens (including phenoxy) is 1. The van der Waals surface area contributed by atoms with Gasteiger partial charge in [0.1, 0.15) is 0 Å². The lowest BCUT2D eigenvalue weighted by molar-refractivity contribution is -0.151. The Labute approximate surface area is 157 Å². The molecule has 1 fully saturated rings. The van der Waals surface area contributed by atoms with Crippen LogP contribution in [0.5, 0.6) is 0 Å². The Kier molecular flexibility index (Phi) is 9.07. The summed E-state index contributed by atoms with van der Waals surface area (Å²) >= 11 is 1.91. The van der Waals surface area contributed by atoms with Crippen molar-refractivity contribution in [2.75, 3.05) is 32.0 Å². The molecular formula is C20H34N2O2S. The topological polar surface area (TPSA) is 55.6 Å². The molecule has 2 aliphatic rings. The van der Waals surface area contributed by atoms with Crippen molar-refractivity contribution in [3.8, 4) is 0 Å². The Morgan fingerprint density at radius 1 is 1.40 bits per heavy atom. The summed E-state index contributed by atoms with van der Waals surface area (Å²) in [6.07, 6.45) is 11.7. The van der Waals surface area contributed by atoms with Gasteiger partial charge in [-0.2, -0.15) is 0 Å². The zero-order chi connectivity index (χ0) is 18.1. The smallest absolute Gasteiger partial charge is 0.309 e. The third kappa shape index (κ3) is 7.97. The van der Waals surface area contributed by atoms with E-state index in [2.05, 4.69) is 37.0 Å². The maximum Gasteiger partial charge on any atom is 0.309 e. The van der Waals surface area contributed by atoms with Crippen molar-refractivity contribution in [3.63, 3.8) is 0 Å². The van der Waals surface area contributed by atoms with E-state index in [4.69, 9.17) is 10.5 Å². The highest BCUT2D eigenvalue weighted by atomic mass is 32.2. The zero-order valence-electron chi connectivity index (χ0n) is 15.8. The summed E-state index contributed by atoms with van der Waals surface area (Å²) in [7, 11) is 0. The minimum atomic E-state index is -0.00347. The number of nitrogens with two attached hydrogens (primary N) is 1. The van der Waals surface area contributed by atoms with Crippen molar-refractivity contribution < 1.29 is 9.53 Å². The summed E-state index contributed by atoms with van der Waals surface area (Å²) in [4.78, 5) is 15.9. The molecule has 4 nitrogen and oxygen atoms in total. The van der Waals surface area contributed by atoms with Crippen LogP contribution in [-0.4, -0.2) is 48.9 Å². The highest BCUT2D eigenvalue weighted by Crippen LogP contribution is 2.25. The number of hydrogen-bond donors (Lipinski definition) is 1. The van der Waals surface area contributed by atoms with Crippen molar-refractivity contribution in [2.24, 2.45) is 17.6 Å². The number of nitrogens with zero attached hydrogens (tertiary/aromatic N) is 1. The molecule has 0 radical (unpaired) electrons. The largest absolute Gasteiger partial charge is 0.465 e. The van der Waals surface area contributed by atoms with E-state index >= 15 is 0 Å². The maximum absolute atomic E-state index is 12.0. The van der Waals surface area contributed by atoms with Gasteiger partial charge >= 0.3 is 5.97 Å². The standard InChI is InChI=1S/C20H34N2O2S/c1-16(2)14-24-20(23)17-8-11-22(12-9-17)13-10-18(21)15-25-19-6-4-3-5-7-19/h3-4,6,16-18H,5,7-15,21H2,1-2H3/t18-/m1/s1. The second-order valence-electron chi connectivity index (χ2n) is 7.60. The molecule has 5 heteroatoms. The molecule has 0 aromatic heterocycles. The fourth-order valence-corrected chi connectivity index (χ4v) is 4.14. The second kappa shape index (κ2) is 11.0. The van der Waals surface area contributed by atoms with Crippen LogP contribution < -0.4 is 5.73 Å². The summed E-state index contributed by atoms with van der Waals surface area (Å²) in [6.45, 7) is 7.68. The highest BCUT2D eigenvalue weighted by Gasteiger charge is 2.26. The maximum atomic E-state index is 12.0. The lowest BCUT2D eigenvalue weighted by atomic mass is 9.96. The molecule has 0 aromatic carbocycles.